The van der Waals surface area contributed by atoms with E-state index in [4.69, 9.17) is 5.21 Å². The Labute approximate surface area is 192 Å². The number of hydrogen-bond acceptors (Lipinski definition) is 6. The molecular formula is C20H19F5N2O5S2. The zero-order valence-corrected chi connectivity index (χ0v) is 18.9. The minimum absolute atomic E-state index is 0.277. The molecule has 34 heavy (non-hydrogen) atoms. The molecule has 0 saturated heterocycles. The lowest BCUT2D eigenvalue weighted by Gasteiger charge is -2.40. The molecule has 0 atom stereocenters. The zero-order valence-electron chi connectivity index (χ0n) is 17.3. The maximum atomic E-state index is 14.8. The fourth-order valence-electron chi connectivity index (χ4n) is 4.04. The summed E-state index contributed by atoms with van der Waals surface area (Å²) in [5.41, 5.74) is -5.70. The largest absolute Gasteiger partial charge is 0.511 e. The fraction of sp³-hybridized carbons (Fsp3) is 0.350. The summed E-state index contributed by atoms with van der Waals surface area (Å²) in [7, 11) is -10.1. The molecule has 0 heterocycles. The fourth-order valence-corrected chi connectivity index (χ4v) is 7.02. The Bertz CT molecular complexity index is 1290. The van der Waals surface area contributed by atoms with E-state index in [0.29, 0.717) is 5.56 Å². The molecule has 0 unspecified atom stereocenters. The van der Waals surface area contributed by atoms with Crippen molar-refractivity contribution in [3.63, 3.8) is 0 Å². The molecule has 7 nitrogen and oxygen atoms in total. The van der Waals surface area contributed by atoms with Crippen LogP contribution >= 0.6 is 0 Å². The van der Waals surface area contributed by atoms with Gasteiger partial charge in [-0.3, -0.25) is 0 Å². The number of sulfonamides is 1. The lowest BCUT2D eigenvalue weighted by molar-refractivity contribution is -0.0452. The molecule has 0 spiro atoms. The molecule has 0 bridgehead atoms. The van der Waals surface area contributed by atoms with Crippen molar-refractivity contribution in [1.82, 2.24) is 4.72 Å². The first-order chi connectivity index (χ1) is 15.7. The molecule has 1 aliphatic carbocycles. The lowest BCUT2D eigenvalue weighted by atomic mass is 9.80. The maximum Gasteiger partial charge on any atom is 0.511 e. The molecule has 186 valence electrons. The molecule has 14 heteroatoms. The van der Waals surface area contributed by atoms with Crippen LogP contribution in [0.3, 0.4) is 0 Å². The van der Waals surface area contributed by atoms with Gasteiger partial charge in [0.2, 0.25) is 0 Å². The van der Waals surface area contributed by atoms with Gasteiger partial charge in [-0.2, -0.15) is 13.2 Å². The van der Waals surface area contributed by atoms with Crippen LogP contribution in [-0.4, -0.2) is 39.8 Å². The van der Waals surface area contributed by atoms with Crippen LogP contribution in [0.4, 0.5) is 22.0 Å². The standard InChI is InChI=1S/C20H19F5N2O5S2/c21-14-3-6-18(22)17(11-14)19(33(29,30)16-4-1-13(2-5-16)12-26-28)9-7-15(8-10-19)27-34(31,32)20(23,24)25/h1-6,11-12,15,27-28H,7-10H2/b26-12-. The van der Waals surface area contributed by atoms with Gasteiger partial charge in [0.25, 0.3) is 0 Å². The van der Waals surface area contributed by atoms with Crippen LogP contribution in [-0.2, 0) is 24.6 Å². The van der Waals surface area contributed by atoms with Crippen molar-refractivity contribution >= 4 is 26.1 Å². The predicted molar refractivity (Wildman–Crippen MR) is 111 cm³/mol. The number of oxime groups is 1. The lowest BCUT2D eigenvalue weighted by Crippen LogP contribution is -2.48. The average Bonchev–Trinajstić information content (AvgIpc) is 2.75. The second-order valence-electron chi connectivity index (χ2n) is 7.78. The SMILES string of the molecule is O=S(=O)(NC1CCC(c2cc(F)ccc2F)(S(=O)(=O)c2ccc(/C=N\O)cc2)CC1)C(F)(F)F. The highest BCUT2D eigenvalue weighted by molar-refractivity contribution is 7.92. The molecular weight excluding hydrogens is 507 g/mol. The normalized spacial score (nSPS) is 22.2. The molecule has 0 amide bonds. The van der Waals surface area contributed by atoms with Gasteiger partial charge in [-0.15, -0.1) is 0 Å². The van der Waals surface area contributed by atoms with Crippen LogP contribution in [0.25, 0.3) is 0 Å². The molecule has 2 aromatic rings. The second-order valence-corrected chi connectivity index (χ2v) is 11.7. The van der Waals surface area contributed by atoms with Crippen molar-refractivity contribution in [2.24, 2.45) is 5.16 Å². The number of nitrogens with zero attached hydrogens (tertiary/aromatic N) is 1. The van der Waals surface area contributed by atoms with E-state index in [1.807, 2.05) is 0 Å². The van der Waals surface area contributed by atoms with E-state index in [1.165, 1.54) is 29.0 Å². The quantitative estimate of drug-likeness (QED) is 0.257. The summed E-state index contributed by atoms with van der Waals surface area (Å²) in [4.78, 5) is -0.277. The maximum absolute atomic E-state index is 14.8. The van der Waals surface area contributed by atoms with Crippen LogP contribution in [0.15, 0.2) is 52.5 Å². The summed E-state index contributed by atoms with van der Waals surface area (Å²) in [6, 6.07) is 5.98. The molecule has 0 aromatic heterocycles. The Balaban J connectivity index is 2.05. The van der Waals surface area contributed by atoms with Gasteiger partial charge in [0, 0.05) is 11.6 Å². The van der Waals surface area contributed by atoms with Crippen molar-refractivity contribution in [2.45, 2.75) is 46.9 Å². The van der Waals surface area contributed by atoms with Crippen molar-refractivity contribution in [2.75, 3.05) is 0 Å². The van der Waals surface area contributed by atoms with Crippen LogP contribution < -0.4 is 4.72 Å². The third kappa shape index (κ3) is 4.79. The number of hydrogen-bond donors (Lipinski definition) is 2. The summed E-state index contributed by atoms with van der Waals surface area (Å²) in [6.07, 6.45) is -0.656. The number of halogens is 5. The van der Waals surface area contributed by atoms with Gasteiger partial charge in [-0.25, -0.2) is 30.3 Å². The Morgan fingerprint density at radius 1 is 1.00 bits per heavy atom. The van der Waals surface area contributed by atoms with E-state index in [0.717, 1.165) is 24.4 Å². The van der Waals surface area contributed by atoms with Crippen molar-refractivity contribution in [3.05, 3.63) is 65.2 Å². The first kappa shape index (κ1) is 26.0. The molecule has 0 aliphatic heterocycles. The Morgan fingerprint density at radius 3 is 2.12 bits per heavy atom. The van der Waals surface area contributed by atoms with E-state index in [1.54, 1.807) is 0 Å². The highest BCUT2D eigenvalue weighted by atomic mass is 32.2. The highest BCUT2D eigenvalue weighted by Gasteiger charge is 2.52. The Hall–Kier alpha value is -2.58. The first-order valence-electron chi connectivity index (χ1n) is 9.80. The van der Waals surface area contributed by atoms with Crippen LogP contribution in [0.5, 0.6) is 0 Å². The van der Waals surface area contributed by atoms with Gasteiger partial charge < -0.3 is 5.21 Å². The van der Waals surface area contributed by atoms with E-state index >= 15 is 0 Å². The third-order valence-corrected chi connectivity index (χ3v) is 9.55. The molecule has 2 N–H and O–H groups in total. The Morgan fingerprint density at radius 2 is 1.59 bits per heavy atom. The summed E-state index contributed by atoms with van der Waals surface area (Å²) >= 11 is 0. The average molecular weight is 527 g/mol. The van der Waals surface area contributed by atoms with Gasteiger partial charge >= 0.3 is 15.5 Å². The van der Waals surface area contributed by atoms with Crippen LogP contribution in [0.2, 0.25) is 0 Å². The van der Waals surface area contributed by atoms with Gasteiger partial charge in [0.15, 0.2) is 9.84 Å². The summed E-state index contributed by atoms with van der Waals surface area (Å²) in [5.74, 6) is -1.94. The minimum atomic E-state index is -5.68. The van der Waals surface area contributed by atoms with E-state index in [2.05, 4.69) is 5.16 Å². The van der Waals surface area contributed by atoms with Gasteiger partial charge in [-0.05, 0) is 61.6 Å². The summed E-state index contributed by atoms with van der Waals surface area (Å²) in [6.45, 7) is 0. The number of nitrogens with one attached hydrogen (secondary N) is 1. The first-order valence-corrected chi connectivity index (χ1v) is 12.8. The third-order valence-electron chi connectivity index (χ3n) is 5.75. The van der Waals surface area contributed by atoms with E-state index in [-0.39, 0.29) is 17.7 Å². The highest BCUT2D eigenvalue weighted by Crippen LogP contribution is 2.48. The summed E-state index contributed by atoms with van der Waals surface area (Å²) in [5, 5.41) is 11.4. The minimum Gasteiger partial charge on any atom is -0.411 e. The molecule has 1 aliphatic rings. The number of rotatable bonds is 6. The monoisotopic (exact) mass is 526 g/mol. The zero-order chi connectivity index (χ0) is 25.4. The number of benzene rings is 2. The van der Waals surface area contributed by atoms with E-state index < -0.39 is 66.2 Å². The van der Waals surface area contributed by atoms with Gasteiger partial charge in [0.1, 0.15) is 16.4 Å². The van der Waals surface area contributed by atoms with Gasteiger partial charge in [0.05, 0.1) is 11.1 Å². The molecule has 2 aromatic carbocycles. The predicted octanol–water partition coefficient (Wildman–Crippen LogP) is 3.82. The number of sulfone groups is 1. The van der Waals surface area contributed by atoms with Crippen molar-refractivity contribution in [1.29, 1.82) is 0 Å². The molecule has 3 rings (SSSR count). The topological polar surface area (TPSA) is 113 Å². The smallest absolute Gasteiger partial charge is 0.411 e. The van der Waals surface area contributed by atoms with Crippen molar-refractivity contribution < 1.29 is 44.0 Å². The molecule has 1 fully saturated rings. The number of alkyl halides is 3. The van der Waals surface area contributed by atoms with Crippen molar-refractivity contribution in [3.8, 4) is 0 Å². The van der Waals surface area contributed by atoms with Crippen LogP contribution in [0, 0.1) is 11.6 Å². The van der Waals surface area contributed by atoms with E-state index in [9.17, 15) is 38.8 Å². The molecule has 1 saturated carbocycles. The Kier molecular flexibility index (Phi) is 7.06. The summed E-state index contributed by atoms with van der Waals surface area (Å²) < 4.78 is 117. The van der Waals surface area contributed by atoms with Crippen LogP contribution in [0.1, 0.15) is 36.8 Å². The van der Waals surface area contributed by atoms with Gasteiger partial charge in [-0.1, -0.05) is 17.3 Å². The second kappa shape index (κ2) is 9.23. The molecule has 0 radical (unpaired) electrons.